The fourth-order valence-corrected chi connectivity index (χ4v) is 5.65. The second-order valence-electron chi connectivity index (χ2n) is 7.87. The van der Waals surface area contributed by atoms with Crippen LogP contribution >= 0.6 is 0 Å². The predicted octanol–water partition coefficient (Wildman–Crippen LogP) is 1.30. The largest absolute Gasteiger partial charge is 0.486 e. The van der Waals surface area contributed by atoms with Crippen molar-refractivity contribution in [3.05, 3.63) is 65.2 Å². The molecule has 0 saturated heterocycles. The lowest BCUT2D eigenvalue weighted by Gasteiger charge is -2.25. The van der Waals surface area contributed by atoms with Gasteiger partial charge in [0.1, 0.15) is 19.3 Å². The predicted molar refractivity (Wildman–Crippen MR) is 113 cm³/mol. The van der Waals surface area contributed by atoms with Crippen LogP contribution in [0.4, 0.5) is 0 Å². The van der Waals surface area contributed by atoms with E-state index in [1.54, 1.807) is 17.0 Å². The molecular weight excluding hydrogens is 418 g/mol. The van der Waals surface area contributed by atoms with E-state index in [-0.39, 0.29) is 23.9 Å². The molecule has 8 nitrogen and oxygen atoms in total. The van der Waals surface area contributed by atoms with Gasteiger partial charge in [-0.15, -0.1) is 0 Å². The normalized spacial score (nSPS) is 19.5. The zero-order valence-electron chi connectivity index (χ0n) is 16.9. The van der Waals surface area contributed by atoms with Crippen molar-refractivity contribution >= 4 is 15.9 Å². The van der Waals surface area contributed by atoms with Crippen LogP contribution in [-0.2, 0) is 14.8 Å². The molecule has 0 bridgehead atoms. The molecule has 1 atom stereocenters. The Morgan fingerprint density at radius 3 is 2.23 bits per heavy atom. The Hall–Kier alpha value is -2.88. The first-order chi connectivity index (χ1) is 14.9. The van der Waals surface area contributed by atoms with E-state index < -0.39 is 16.1 Å². The zero-order valence-corrected chi connectivity index (χ0v) is 17.7. The van der Waals surface area contributed by atoms with E-state index in [4.69, 9.17) is 15.2 Å². The Morgan fingerprint density at radius 1 is 0.903 bits per heavy atom. The van der Waals surface area contributed by atoms with Crippen LogP contribution in [0.2, 0.25) is 0 Å². The number of nitrogens with two attached hydrogens (primary N) is 1. The molecule has 3 aliphatic heterocycles. The number of carbonyl (C=O) groups excluding carboxylic acids is 1. The highest BCUT2D eigenvalue weighted by molar-refractivity contribution is 7.89. The first-order valence-electron chi connectivity index (χ1n) is 10.1. The summed E-state index contributed by atoms with van der Waals surface area (Å²) in [7, 11) is -3.68. The SMILES string of the molecule is NC(C(=O)N1CC2=C(C1)CN(S(=O)(=O)c1ccc3c(c1)OCCO3)C2)c1ccccc1. The number of hydrogen-bond donors (Lipinski definition) is 1. The third kappa shape index (κ3) is 3.58. The summed E-state index contributed by atoms with van der Waals surface area (Å²) in [4.78, 5) is 14.7. The highest BCUT2D eigenvalue weighted by Gasteiger charge is 2.39. The van der Waals surface area contributed by atoms with Crippen molar-refractivity contribution < 1.29 is 22.7 Å². The van der Waals surface area contributed by atoms with Crippen molar-refractivity contribution in [2.75, 3.05) is 39.4 Å². The third-order valence-corrected chi connectivity index (χ3v) is 7.67. The molecule has 5 rings (SSSR count). The lowest BCUT2D eigenvalue weighted by molar-refractivity contribution is -0.131. The van der Waals surface area contributed by atoms with Gasteiger partial charge in [0.05, 0.1) is 4.90 Å². The third-order valence-electron chi connectivity index (χ3n) is 5.89. The number of amides is 1. The number of ether oxygens (including phenoxy) is 2. The van der Waals surface area contributed by atoms with Crippen LogP contribution in [0.3, 0.4) is 0 Å². The monoisotopic (exact) mass is 441 g/mol. The molecule has 3 heterocycles. The lowest BCUT2D eigenvalue weighted by atomic mass is 10.1. The molecule has 162 valence electrons. The fraction of sp³-hybridized carbons (Fsp3) is 0.318. The van der Waals surface area contributed by atoms with Crippen molar-refractivity contribution in [1.82, 2.24) is 9.21 Å². The summed E-state index contributed by atoms with van der Waals surface area (Å²) < 4.78 is 38.8. The molecule has 0 aromatic heterocycles. The van der Waals surface area contributed by atoms with Gasteiger partial charge in [-0.1, -0.05) is 30.3 Å². The molecule has 0 fully saturated rings. The van der Waals surface area contributed by atoms with Gasteiger partial charge in [-0.25, -0.2) is 8.42 Å². The first kappa shape index (κ1) is 20.0. The summed E-state index contributed by atoms with van der Waals surface area (Å²) in [6.07, 6.45) is 0. The van der Waals surface area contributed by atoms with Gasteiger partial charge in [0.15, 0.2) is 11.5 Å². The van der Waals surface area contributed by atoms with Gasteiger partial charge < -0.3 is 20.1 Å². The van der Waals surface area contributed by atoms with Crippen LogP contribution in [0.25, 0.3) is 0 Å². The van der Waals surface area contributed by atoms with E-state index in [2.05, 4.69) is 0 Å². The minimum Gasteiger partial charge on any atom is -0.486 e. The summed E-state index contributed by atoms with van der Waals surface area (Å²) in [6.45, 7) is 2.20. The van der Waals surface area contributed by atoms with Gasteiger partial charge in [0.2, 0.25) is 15.9 Å². The maximum Gasteiger partial charge on any atom is 0.244 e. The van der Waals surface area contributed by atoms with Crippen molar-refractivity contribution in [3.8, 4) is 11.5 Å². The summed E-state index contributed by atoms with van der Waals surface area (Å²) in [5.41, 5.74) is 8.86. The molecule has 31 heavy (non-hydrogen) atoms. The first-order valence-corrected chi connectivity index (χ1v) is 11.6. The minimum absolute atomic E-state index is 0.151. The molecule has 2 N–H and O–H groups in total. The molecular formula is C22H23N3O5S. The Bertz CT molecular complexity index is 1140. The van der Waals surface area contributed by atoms with Crippen LogP contribution in [-0.4, -0.2) is 62.9 Å². The second-order valence-corrected chi connectivity index (χ2v) is 9.81. The van der Waals surface area contributed by atoms with E-state index in [9.17, 15) is 13.2 Å². The fourth-order valence-electron chi connectivity index (χ4n) is 4.20. The average Bonchev–Trinajstić information content (AvgIpc) is 3.38. The molecule has 1 amide bonds. The molecule has 0 radical (unpaired) electrons. The van der Waals surface area contributed by atoms with Gasteiger partial charge in [0.25, 0.3) is 0 Å². The number of nitrogens with zero attached hydrogens (tertiary/aromatic N) is 2. The smallest absolute Gasteiger partial charge is 0.244 e. The number of rotatable bonds is 4. The number of benzene rings is 2. The van der Waals surface area contributed by atoms with E-state index in [1.165, 1.54) is 10.4 Å². The maximum absolute atomic E-state index is 13.2. The van der Waals surface area contributed by atoms with E-state index in [1.807, 2.05) is 30.3 Å². The maximum atomic E-state index is 13.2. The second kappa shape index (κ2) is 7.67. The van der Waals surface area contributed by atoms with Gasteiger partial charge in [-0.05, 0) is 28.8 Å². The highest BCUT2D eigenvalue weighted by Crippen LogP contribution is 2.35. The number of hydrogen-bond acceptors (Lipinski definition) is 6. The molecule has 9 heteroatoms. The van der Waals surface area contributed by atoms with Crippen LogP contribution in [0.15, 0.2) is 64.6 Å². The zero-order chi connectivity index (χ0) is 21.6. The Labute approximate surface area is 180 Å². The van der Waals surface area contributed by atoms with Crippen LogP contribution < -0.4 is 15.2 Å². The van der Waals surface area contributed by atoms with E-state index in [0.29, 0.717) is 37.8 Å². The quantitative estimate of drug-likeness (QED) is 0.718. The van der Waals surface area contributed by atoms with Gasteiger partial charge >= 0.3 is 0 Å². The molecule has 0 aliphatic carbocycles. The van der Waals surface area contributed by atoms with Crippen molar-refractivity contribution in [2.45, 2.75) is 10.9 Å². The number of fused-ring (bicyclic) bond motifs is 1. The topological polar surface area (TPSA) is 102 Å². The Morgan fingerprint density at radius 2 is 1.55 bits per heavy atom. The van der Waals surface area contributed by atoms with Crippen LogP contribution in [0.5, 0.6) is 11.5 Å². The molecule has 0 spiro atoms. The van der Waals surface area contributed by atoms with Crippen molar-refractivity contribution in [1.29, 1.82) is 0 Å². The van der Waals surface area contributed by atoms with Crippen molar-refractivity contribution in [3.63, 3.8) is 0 Å². The Balaban J connectivity index is 1.26. The van der Waals surface area contributed by atoms with E-state index in [0.717, 1.165) is 16.7 Å². The van der Waals surface area contributed by atoms with E-state index >= 15 is 0 Å². The minimum atomic E-state index is -3.68. The van der Waals surface area contributed by atoms with Gasteiger partial charge in [0, 0.05) is 32.2 Å². The average molecular weight is 442 g/mol. The number of sulfonamides is 1. The molecule has 2 aromatic rings. The lowest BCUT2D eigenvalue weighted by Crippen LogP contribution is -2.40. The van der Waals surface area contributed by atoms with Crippen LogP contribution in [0, 0.1) is 0 Å². The standard InChI is InChI=1S/C22H23N3O5S/c23-21(15-4-2-1-3-5-15)22(26)24-11-16-13-25(14-17(16)12-24)31(27,28)18-6-7-19-20(10-18)30-9-8-29-19/h1-7,10,21H,8-9,11-14,23H2. The molecule has 0 saturated carbocycles. The van der Waals surface area contributed by atoms with Gasteiger partial charge in [-0.3, -0.25) is 4.79 Å². The van der Waals surface area contributed by atoms with Crippen molar-refractivity contribution in [2.24, 2.45) is 5.73 Å². The summed E-state index contributed by atoms with van der Waals surface area (Å²) in [5.74, 6) is 0.844. The summed E-state index contributed by atoms with van der Waals surface area (Å²) in [5, 5.41) is 0. The Kier molecular flexibility index (Phi) is 4.96. The van der Waals surface area contributed by atoms with Gasteiger partial charge in [-0.2, -0.15) is 4.31 Å². The summed E-state index contributed by atoms with van der Waals surface area (Å²) in [6, 6.07) is 13.2. The highest BCUT2D eigenvalue weighted by atomic mass is 32.2. The number of carbonyl (C=O) groups is 1. The van der Waals surface area contributed by atoms with Crippen LogP contribution in [0.1, 0.15) is 11.6 Å². The molecule has 2 aromatic carbocycles. The molecule has 3 aliphatic rings. The summed E-state index contributed by atoms with van der Waals surface area (Å²) >= 11 is 0. The molecule has 1 unspecified atom stereocenters.